The lowest BCUT2D eigenvalue weighted by Gasteiger charge is -2.38. The third kappa shape index (κ3) is 6.42. The minimum atomic E-state index is -0.306. The second-order valence-electron chi connectivity index (χ2n) is 10.7. The summed E-state index contributed by atoms with van der Waals surface area (Å²) < 4.78 is 11.6. The van der Waals surface area contributed by atoms with E-state index < -0.39 is 0 Å². The van der Waals surface area contributed by atoms with E-state index in [0.717, 1.165) is 23.1 Å². The van der Waals surface area contributed by atoms with Gasteiger partial charge in [-0.05, 0) is 53.6 Å². The fraction of sp³-hybridized carbons (Fsp3) is 0.303. The summed E-state index contributed by atoms with van der Waals surface area (Å²) in [6.45, 7) is 7.38. The van der Waals surface area contributed by atoms with E-state index in [1.807, 2.05) is 47.4 Å². The number of fused-ring (bicyclic) bond motifs is 1. The summed E-state index contributed by atoms with van der Waals surface area (Å²) in [4.78, 5) is 32.1. The third-order valence-corrected chi connectivity index (χ3v) is 7.08. The zero-order valence-corrected chi connectivity index (χ0v) is 23.2. The van der Waals surface area contributed by atoms with Crippen molar-refractivity contribution >= 4 is 11.8 Å². The van der Waals surface area contributed by atoms with E-state index in [1.165, 1.54) is 17.4 Å². The summed E-state index contributed by atoms with van der Waals surface area (Å²) in [5, 5.41) is 2.85. The lowest BCUT2D eigenvalue weighted by molar-refractivity contribution is -0.134. The van der Waals surface area contributed by atoms with Crippen molar-refractivity contribution in [2.75, 3.05) is 6.54 Å². The Labute approximate surface area is 235 Å². The lowest BCUT2D eigenvalue weighted by Crippen LogP contribution is -2.41. The number of nitrogens with one attached hydrogen (secondary N) is 1. The maximum Gasteiger partial charge on any atom is 0.273 e. The van der Waals surface area contributed by atoms with E-state index in [9.17, 15) is 9.59 Å². The van der Waals surface area contributed by atoms with Crippen molar-refractivity contribution in [1.29, 1.82) is 0 Å². The predicted molar refractivity (Wildman–Crippen MR) is 153 cm³/mol. The van der Waals surface area contributed by atoms with Crippen molar-refractivity contribution in [3.63, 3.8) is 0 Å². The summed E-state index contributed by atoms with van der Waals surface area (Å²) in [7, 11) is 0. The molecule has 3 aromatic carbocycles. The fourth-order valence-electron chi connectivity index (χ4n) is 5.02. The van der Waals surface area contributed by atoms with Crippen molar-refractivity contribution in [3.05, 3.63) is 118 Å². The summed E-state index contributed by atoms with van der Waals surface area (Å²) in [6.07, 6.45) is 2.65. The fourth-order valence-corrected chi connectivity index (χ4v) is 5.02. The van der Waals surface area contributed by atoms with E-state index in [4.69, 9.17) is 9.15 Å². The summed E-state index contributed by atoms with van der Waals surface area (Å²) in [6, 6.07) is 23.9. The van der Waals surface area contributed by atoms with Crippen LogP contribution in [-0.4, -0.2) is 28.2 Å². The quantitative estimate of drug-likeness (QED) is 0.283. The number of carbonyl (C=O) groups is 2. The first kappa shape index (κ1) is 27.2. The first-order chi connectivity index (χ1) is 19.4. The van der Waals surface area contributed by atoms with Gasteiger partial charge in [-0.3, -0.25) is 9.59 Å². The maximum absolute atomic E-state index is 13.3. The van der Waals surface area contributed by atoms with Crippen LogP contribution in [0.3, 0.4) is 0 Å². The van der Waals surface area contributed by atoms with Crippen LogP contribution in [0.25, 0.3) is 0 Å². The Morgan fingerprint density at radius 3 is 2.60 bits per heavy atom. The van der Waals surface area contributed by atoms with Crippen LogP contribution in [0.2, 0.25) is 0 Å². The maximum atomic E-state index is 13.3. The molecule has 1 atom stereocenters. The average molecular weight is 538 g/mol. The van der Waals surface area contributed by atoms with E-state index >= 15 is 0 Å². The Hall–Kier alpha value is -4.39. The minimum Gasteiger partial charge on any atom is -0.484 e. The number of amides is 2. The molecule has 1 aromatic heterocycles. The molecule has 1 aliphatic heterocycles. The van der Waals surface area contributed by atoms with Crippen molar-refractivity contribution in [2.24, 2.45) is 5.92 Å². The molecule has 5 rings (SSSR count). The molecule has 7 nitrogen and oxygen atoms in total. The van der Waals surface area contributed by atoms with Gasteiger partial charge in [0.2, 0.25) is 11.8 Å². The number of oxazole rings is 1. The van der Waals surface area contributed by atoms with Gasteiger partial charge in [0.25, 0.3) is 5.91 Å². The van der Waals surface area contributed by atoms with Crippen LogP contribution in [0.5, 0.6) is 5.75 Å². The summed E-state index contributed by atoms with van der Waals surface area (Å²) in [5.74, 6) is 1.11. The molecule has 40 heavy (non-hydrogen) atoms. The topological polar surface area (TPSA) is 84.7 Å². The van der Waals surface area contributed by atoms with Crippen molar-refractivity contribution in [1.82, 2.24) is 15.2 Å². The van der Waals surface area contributed by atoms with Gasteiger partial charge in [-0.1, -0.05) is 80.1 Å². The molecular formula is C33H35N3O4. The Balaban J connectivity index is 1.30. The Kier molecular flexibility index (Phi) is 8.29. The number of ether oxygens (including phenoxy) is 1. The predicted octanol–water partition coefficient (Wildman–Crippen LogP) is 6.01. The first-order valence-electron chi connectivity index (χ1n) is 13.8. The van der Waals surface area contributed by atoms with Crippen LogP contribution >= 0.6 is 0 Å². The largest absolute Gasteiger partial charge is 0.484 e. The number of benzene rings is 3. The van der Waals surface area contributed by atoms with Crippen LogP contribution in [0, 0.1) is 12.8 Å². The van der Waals surface area contributed by atoms with Gasteiger partial charge in [0.05, 0.1) is 6.04 Å². The normalized spacial score (nSPS) is 14.6. The second kappa shape index (κ2) is 12.2. The Morgan fingerprint density at radius 1 is 1.07 bits per heavy atom. The highest BCUT2D eigenvalue weighted by Gasteiger charge is 2.32. The highest BCUT2D eigenvalue weighted by Crippen LogP contribution is 2.38. The monoisotopic (exact) mass is 537 g/mol. The molecular weight excluding hydrogens is 502 g/mol. The molecule has 7 heteroatoms. The van der Waals surface area contributed by atoms with Gasteiger partial charge in [0, 0.05) is 19.5 Å². The van der Waals surface area contributed by atoms with Gasteiger partial charge in [-0.25, -0.2) is 4.98 Å². The average Bonchev–Trinajstić information content (AvgIpc) is 3.44. The van der Waals surface area contributed by atoms with E-state index in [-0.39, 0.29) is 36.1 Å². The molecule has 1 unspecified atom stereocenters. The van der Waals surface area contributed by atoms with Crippen molar-refractivity contribution < 1.29 is 18.7 Å². The second-order valence-corrected chi connectivity index (χ2v) is 10.7. The number of aromatic nitrogens is 1. The molecule has 1 N–H and O–H groups in total. The molecule has 206 valence electrons. The van der Waals surface area contributed by atoms with Crippen LogP contribution in [-0.2, 0) is 24.4 Å². The first-order valence-corrected chi connectivity index (χ1v) is 13.8. The molecule has 0 bridgehead atoms. The number of nitrogens with zero attached hydrogens (tertiary/aromatic N) is 2. The summed E-state index contributed by atoms with van der Waals surface area (Å²) >= 11 is 0. The van der Waals surface area contributed by atoms with Crippen LogP contribution in [0.1, 0.15) is 70.5 Å². The van der Waals surface area contributed by atoms with E-state index in [0.29, 0.717) is 31.2 Å². The zero-order valence-electron chi connectivity index (χ0n) is 23.2. The standard InChI is InChI=1S/C33H35N3O4/c1-22(2)17-31(37)36-16-15-25-13-14-27(18-28(25)32(36)26-11-9-23(3)10-12-26)39-21-30-35-29(20-40-30)33(38)34-19-24-7-5-4-6-8-24/h4-14,18,20,22,32H,15-17,19,21H2,1-3H3,(H,34,38). The molecule has 2 heterocycles. The van der Waals surface area contributed by atoms with Gasteiger partial charge in [-0.2, -0.15) is 0 Å². The molecule has 0 fully saturated rings. The van der Waals surface area contributed by atoms with E-state index in [1.54, 1.807) is 0 Å². The Morgan fingerprint density at radius 2 is 1.85 bits per heavy atom. The van der Waals surface area contributed by atoms with Crippen LogP contribution < -0.4 is 10.1 Å². The Bertz CT molecular complexity index is 1460. The molecule has 1 aliphatic rings. The van der Waals surface area contributed by atoms with Gasteiger partial charge in [-0.15, -0.1) is 0 Å². The van der Waals surface area contributed by atoms with Crippen LogP contribution in [0.4, 0.5) is 0 Å². The lowest BCUT2D eigenvalue weighted by atomic mass is 9.87. The van der Waals surface area contributed by atoms with Crippen LogP contribution in [0.15, 0.2) is 83.5 Å². The molecule has 2 amide bonds. The highest BCUT2D eigenvalue weighted by atomic mass is 16.5. The molecule has 4 aromatic rings. The highest BCUT2D eigenvalue weighted by molar-refractivity contribution is 5.91. The number of carbonyl (C=O) groups excluding carboxylic acids is 2. The number of aryl methyl sites for hydroxylation is 1. The SMILES string of the molecule is Cc1ccc(C2c3cc(OCc4nc(C(=O)NCc5ccccc5)co4)ccc3CCN2C(=O)CC(C)C)cc1. The van der Waals surface area contributed by atoms with E-state index in [2.05, 4.69) is 61.4 Å². The zero-order chi connectivity index (χ0) is 28.1. The number of hydrogen-bond donors (Lipinski definition) is 1. The molecule has 0 spiro atoms. The molecule has 0 saturated heterocycles. The number of hydrogen-bond acceptors (Lipinski definition) is 5. The van der Waals surface area contributed by atoms with Crippen molar-refractivity contribution in [3.8, 4) is 5.75 Å². The molecule has 0 aliphatic carbocycles. The van der Waals surface area contributed by atoms with Gasteiger partial charge < -0.3 is 19.4 Å². The van der Waals surface area contributed by atoms with Gasteiger partial charge in [0.15, 0.2) is 12.3 Å². The molecule has 0 saturated carbocycles. The van der Waals surface area contributed by atoms with Crippen molar-refractivity contribution in [2.45, 2.75) is 52.8 Å². The molecule has 0 radical (unpaired) electrons. The minimum absolute atomic E-state index is 0.0793. The smallest absolute Gasteiger partial charge is 0.273 e. The van der Waals surface area contributed by atoms with Gasteiger partial charge >= 0.3 is 0 Å². The van der Waals surface area contributed by atoms with Gasteiger partial charge in [0.1, 0.15) is 12.0 Å². The summed E-state index contributed by atoms with van der Waals surface area (Å²) in [5.41, 5.74) is 5.75. The number of rotatable bonds is 9. The third-order valence-electron chi connectivity index (χ3n) is 7.08.